The molecule has 0 spiro atoms. The second-order valence-corrected chi connectivity index (χ2v) is 4.51. The van der Waals surface area contributed by atoms with Gasteiger partial charge in [0.25, 0.3) is 0 Å². The first-order chi connectivity index (χ1) is 6.68. The van der Waals surface area contributed by atoms with Crippen molar-refractivity contribution in [3.8, 4) is 5.75 Å². The van der Waals surface area contributed by atoms with E-state index in [9.17, 15) is 9.90 Å². The summed E-state index contributed by atoms with van der Waals surface area (Å²) in [6, 6.07) is 6.90. The standard InChI is InChI=1S/C10H10O3S/c1-6-9(12)13-10(14-6)7-4-2-3-5-8(7)11/h2-6,10-11H,1H3. The van der Waals surface area contributed by atoms with E-state index in [0.29, 0.717) is 5.56 Å². The van der Waals surface area contributed by atoms with Gasteiger partial charge >= 0.3 is 5.97 Å². The summed E-state index contributed by atoms with van der Waals surface area (Å²) in [4.78, 5) is 11.1. The largest absolute Gasteiger partial charge is 0.507 e. The van der Waals surface area contributed by atoms with Crippen LogP contribution >= 0.6 is 11.8 Å². The van der Waals surface area contributed by atoms with Gasteiger partial charge in [0, 0.05) is 5.56 Å². The predicted molar refractivity (Wildman–Crippen MR) is 54.0 cm³/mol. The Bertz CT molecular complexity index is 364. The van der Waals surface area contributed by atoms with E-state index in [4.69, 9.17) is 4.74 Å². The van der Waals surface area contributed by atoms with E-state index in [-0.39, 0.29) is 22.4 Å². The minimum atomic E-state index is -0.362. The highest BCUT2D eigenvalue weighted by molar-refractivity contribution is 8.01. The lowest BCUT2D eigenvalue weighted by atomic mass is 10.2. The number of phenols is 1. The summed E-state index contributed by atoms with van der Waals surface area (Å²) < 4.78 is 5.10. The first-order valence-electron chi connectivity index (χ1n) is 4.32. The molecule has 74 valence electrons. The quantitative estimate of drug-likeness (QED) is 0.721. The lowest BCUT2D eigenvalue weighted by Gasteiger charge is -2.09. The van der Waals surface area contributed by atoms with Crippen molar-refractivity contribution in [2.45, 2.75) is 17.6 Å². The highest BCUT2D eigenvalue weighted by Crippen LogP contribution is 2.43. The molecule has 0 amide bonds. The minimum absolute atomic E-state index is 0.153. The number of carbonyl (C=O) groups excluding carboxylic acids is 1. The Morgan fingerprint density at radius 3 is 2.71 bits per heavy atom. The zero-order valence-corrected chi connectivity index (χ0v) is 8.45. The Balaban J connectivity index is 2.25. The summed E-state index contributed by atoms with van der Waals surface area (Å²) >= 11 is 1.41. The van der Waals surface area contributed by atoms with Crippen molar-refractivity contribution >= 4 is 17.7 Å². The molecule has 1 aliphatic rings. The lowest BCUT2D eigenvalue weighted by molar-refractivity contribution is -0.142. The van der Waals surface area contributed by atoms with Gasteiger partial charge in [-0.25, -0.2) is 0 Å². The minimum Gasteiger partial charge on any atom is -0.507 e. The smallest absolute Gasteiger partial charge is 0.320 e. The Hall–Kier alpha value is -1.16. The number of aromatic hydroxyl groups is 1. The molecule has 14 heavy (non-hydrogen) atoms. The van der Waals surface area contributed by atoms with Crippen molar-refractivity contribution in [1.82, 2.24) is 0 Å². The van der Waals surface area contributed by atoms with E-state index in [1.165, 1.54) is 11.8 Å². The normalized spacial score (nSPS) is 26.2. The second-order valence-electron chi connectivity index (χ2n) is 3.11. The van der Waals surface area contributed by atoms with E-state index in [1.807, 2.05) is 6.07 Å². The van der Waals surface area contributed by atoms with Crippen molar-refractivity contribution in [3.05, 3.63) is 29.8 Å². The molecule has 1 aromatic rings. The fraction of sp³-hybridized carbons (Fsp3) is 0.300. The fourth-order valence-corrected chi connectivity index (χ4v) is 2.33. The van der Waals surface area contributed by atoms with Gasteiger partial charge in [-0.1, -0.05) is 30.0 Å². The number of carbonyl (C=O) groups is 1. The number of esters is 1. The Kier molecular flexibility index (Phi) is 2.37. The van der Waals surface area contributed by atoms with Crippen LogP contribution in [-0.2, 0) is 9.53 Å². The van der Waals surface area contributed by atoms with Crippen LogP contribution in [0.5, 0.6) is 5.75 Å². The number of hydrogen-bond donors (Lipinski definition) is 1. The first kappa shape index (κ1) is 9.40. The van der Waals surface area contributed by atoms with Gasteiger partial charge in [0.1, 0.15) is 11.0 Å². The van der Waals surface area contributed by atoms with Crippen molar-refractivity contribution in [1.29, 1.82) is 0 Å². The molecule has 1 fully saturated rings. The molecule has 2 rings (SSSR count). The molecular weight excluding hydrogens is 200 g/mol. The molecule has 2 atom stereocenters. The number of benzene rings is 1. The number of phenolic OH excluding ortho intramolecular Hbond substituents is 1. The molecule has 1 N–H and O–H groups in total. The van der Waals surface area contributed by atoms with E-state index in [2.05, 4.69) is 0 Å². The fourth-order valence-electron chi connectivity index (χ4n) is 1.29. The van der Waals surface area contributed by atoms with Crippen LogP contribution in [0.2, 0.25) is 0 Å². The predicted octanol–water partition coefficient (Wildman–Crippen LogP) is 2.07. The van der Waals surface area contributed by atoms with Crippen LogP contribution in [0.15, 0.2) is 24.3 Å². The molecule has 0 saturated carbocycles. The maximum Gasteiger partial charge on any atom is 0.320 e. The molecule has 0 radical (unpaired) electrons. The highest BCUT2D eigenvalue weighted by atomic mass is 32.2. The summed E-state index contributed by atoms with van der Waals surface area (Å²) in [5.74, 6) is -0.0462. The summed E-state index contributed by atoms with van der Waals surface area (Å²) in [6.07, 6.45) is 0. The van der Waals surface area contributed by atoms with Gasteiger partial charge in [0.05, 0.1) is 0 Å². The zero-order valence-electron chi connectivity index (χ0n) is 7.64. The molecule has 1 aromatic carbocycles. The molecule has 0 bridgehead atoms. The molecular formula is C10H10O3S. The molecule has 1 heterocycles. The Morgan fingerprint density at radius 2 is 2.14 bits per heavy atom. The van der Waals surface area contributed by atoms with Gasteiger partial charge in [-0.2, -0.15) is 0 Å². The number of thioether (sulfide) groups is 1. The average Bonchev–Trinajstić information content (AvgIpc) is 2.48. The van der Waals surface area contributed by atoms with Crippen LogP contribution in [0.25, 0.3) is 0 Å². The van der Waals surface area contributed by atoms with E-state index in [1.54, 1.807) is 25.1 Å². The number of para-hydroxylation sites is 1. The van der Waals surface area contributed by atoms with E-state index >= 15 is 0 Å². The number of ether oxygens (including phenoxy) is 1. The second kappa shape index (κ2) is 3.53. The first-order valence-corrected chi connectivity index (χ1v) is 5.26. The van der Waals surface area contributed by atoms with Crippen molar-refractivity contribution in [2.24, 2.45) is 0 Å². The zero-order chi connectivity index (χ0) is 10.1. The monoisotopic (exact) mass is 210 g/mol. The van der Waals surface area contributed by atoms with Gasteiger partial charge in [-0.05, 0) is 13.0 Å². The van der Waals surface area contributed by atoms with Gasteiger partial charge in [-0.15, -0.1) is 0 Å². The van der Waals surface area contributed by atoms with Crippen LogP contribution in [0.4, 0.5) is 0 Å². The molecule has 1 aliphatic heterocycles. The maximum atomic E-state index is 11.1. The third kappa shape index (κ3) is 1.57. The highest BCUT2D eigenvalue weighted by Gasteiger charge is 2.33. The Morgan fingerprint density at radius 1 is 1.43 bits per heavy atom. The topological polar surface area (TPSA) is 46.5 Å². The van der Waals surface area contributed by atoms with Crippen molar-refractivity contribution in [2.75, 3.05) is 0 Å². The van der Waals surface area contributed by atoms with Crippen LogP contribution in [0.1, 0.15) is 17.9 Å². The summed E-state index contributed by atoms with van der Waals surface area (Å²) in [7, 11) is 0. The molecule has 0 aromatic heterocycles. The molecule has 0 aliphatic carbocycles. The summed E-state index contributed by atoms with van der Waals surface area (Å²) in [6.45, 7) is 1.80. The summed E-state index contributed by atoms with van der Waals surface area (Å²) in [5, 5.41) is 9.39. The van der Waals surface area contributed by atoms with Gasteiger partial charge in [-0.3, -0.25) is 4.79 Å². The summed E-state index contributed by atoms with van der Waals surface area (Å²) in [5.41, 5.74) is 0.300. The third-order valence-electron chi connectivity index (χ3n) is 2.07. The van der Waals surface area contributed by atoms with Crippen molar-refractivity contribution < 1.29 is 14.6 Å². The number of cyclic esters (lactones) is 1. The molecule has 2 unspecified atom stereocenters. The van der Waals surface area contributed by atoms with Gasteiger partial charge in [0.2, 0.25) is 0 Å². The van der Waals surface area contributed by atoms with E-state index < -0.39 is 0 Å². The molecule has 1 saturated heterocycles. The SMILES string of the molecule is CC1SC(c2ccccc2O)OC1=O. The van der Waals surface area contributed by atoms with E-state index in [0.717, 1.165) is 0 Å². The average molecular weight is 210 g/mol. The van der Waals surface area contributed by atoms with Crippen LogP contribution in [0, 0.1) is 0 Å². The lowest BCUT2D eigenvalue weighted by Crippen LogP contribution is -2.06. The molecule has 3 nitrogen and oxygen atoms in total. The van der Waals surface area contributed by atoms with Crippen LogP contribution in [0.3, 0.4) is 0 Å². The molecule has 4 heteroatoms. The third-order valence-corrected chi connectivity index (χ3v) is 3.27. The van der Waals surface area contributed by atoms with Crippen LogP contribution in [-0.4, -0.2) is 16.3 Å². The number of hydrogen-bond acceptors (Lipinski definition) is 4. The maximum absolute atomic E-state index is 11.1. The van der Waals surface area contributed by atoms with Gasteiger partial charge in [0.15, 0.2) is 5.44 Å². The van der Waals surface area contributed by atoms with Crippen molar-refractivity contribution in [3.63, 3.8) is 0 Å². The number of rotatable bonds is 1. The van der Waals surface area contributed by atoms with Crippen LogP contribution < -0.4 is 0 Å². The Labute approximate surface area is 86.1 Å². The van der Waals surface area contributed by atoms with Gasteiger partial charge < -0.3 is 9.84 Å².